The highest BCUT2D eigenvalue weighted by molar-refractivity contribution is 6.00. The van der Waals surface area contributed by atoms with Crippen molar-refractivity contribution in [1.29, 1.82) is 0 Å². The van der Waals surface area contributed by atoms with Gasteiger partial charge < -0.3 is 15.4 Å². The molecule has 1 fully saturated rings. The molecule has 37 heavy (non-hydrogen) atoms. The second-order valence-electron chi connectivity index (χ2n) is 9.54. The molecular formula is C28H30F2N4O3. The number of nitrogens with one attached hydrogen (secondary N) is 2. The lowest BCUT2D eigenvalue weighted by molar-refractivity contribution is -0.131. The first-order valence-electron chi connectivity index (χ1n) is 12.1. The predicted octanol–water partition coefficient (Wildman–Crippen LogP) is 5.24. The van der Waals surface area contributed by atoms with Crippen LogP contribution in [0.3, 0.4) is 0 Å². The second kappa shape index (κ2) is 10.7. The summed E-state index contributed by atoms with van der Waals surface area (Å²) in [5.74, 6) is -2.82. The number of aromatic nitrogens is 2. The maximum atomic E-state index is 13.9. The number of benzene rings is 2. The molecule has 1 saturated heterocycles. The van der Waals surface area contributed by atoms with Gasteiger partial charge in [-0.1, -0.05) is 30.3 Å². The van der Waals surface area contributed by atoms with Crippen LogP contribution in [0.4, 0.5) is 20.2 Å². The van der Waals surface area contributed by atoms with Crippen molar-refractivity contribution in [3.8, 4) is 0 Å². The van der Waals surface area contributed by atoms with Crippen molar-refractivity contribution in [1.82, 2.24) is 15.3 Å². The number of carbonyl (C=O) groups excluding carboxylic acids is 2. The molecule has 0 spiro atoms. The molecule has 4 rings (SSSR count). The normalized spacial score (nSPS) is 17.4. The number of ketones is 1. The summed E-state index contributed by atoms with van der Waals surface area (Å²) >= 11 is 0. The summed E-state index contributed by atoms with van der Waals surface area (Å²) in [4.78, 5) is 34.6. The lowest BCUT2D eigenvalue weighted by Crippen LogP contribution is -2.42. The molecule has 0 aliphatic carbocycles. The average molecular weight is 509 g/mol. The van der Waals surface area contributed by atoms with E-state index < -0.39 is 11.3 Å². The number of hydrogen-bond donors (Lipinski definition) is 2. The SMILES string of the molecule is Cc1ncc(C(=O)C[C@@]2(C(=O)NCc3ccc(Nc4ccccc4C(C)(F)F)cc3)CCOC2)c(C)n1. The van der Waals surface area contributed by atoms with Crippen LogP contribution in [-0.2, 0) is 22.0 Å². The number of halogens is 2. The molecule has 0 saturated carbocycles. The van der Waals surface area contributed by atoms with Gasteiger partial charge in [0.15, 0.2) is 5.78 Å². The van der Waals surface area contributed by atoms with Crippen LogP contribution in [0.1, 0.15) is 52.8 Å². The Bertz CT molecular complexity index is 1280. The predicted molar refractivity (Wildman–Crippen MR) is 136 cm³/mol. The second-order valence-corrected chi connectivity index (χ2v) is 9.54. The lowest BCUT2D eigenvalue weighted by atomic mass is 9.80. The van der Waals surface area contributed by atoms with Crippen LogP contribution in [0.5, 0.6) is 0 Å². The largest absolute Gasteiger partial charge is 0.380 e. The third-order valence-corrected chi connectivity index (χ3v) is 6.57. The quantitative estimate of drug-likeness (QED) is 0.384. The molecule has 1 aromatic heterocycles. The van der Waals surface area contributed by atoms with E-state index in [9.17, 15) is 18.4 Å². The van der Waals surface area contributed by atoms with Gasteiger partial charge in [-0.15, -0.1) is 0 Å². The van der Waals surface area contributed by atoms with Crippen molar-refractivity contribution in [2.45, 2.75) is 46.1 Å². The monoisotopic (exact) mass is 508 g/mol. The lowest BCUT2D eigenvalue weighted by Gasteiger charge is -2.25. The molecule has 1 atom stereocenters. The van der Waals surface area contributed by atoms with E-state index in [1.165, 1.54) is 12.3 Å². The minimum atomic E-state index is -2.97. The molecule has 7 nitrogen and oxygen atoms in total. The molecule has 0 radical (unpaired) electrons. The number of rotatable bonds is 9. The van der Waals surface area contributed by atoms with Crippen LogP contribution in [-0.4, -0.2) is 34.9 Å². The fourth-order valence-electron chi connectivity index (χ4n) is 4.47. The van der Waals surface area contributed by atoms with Crippen molar-refractivity contribution < 1.29 is 23.1 Å². The highest BCUT2D eigenvalue weighted by atomic mass is 19.3. The van der Waals surface area contributed by atoms with Gasteiger partial charge >= 0.3 is 0 Å². The number of Topliss-reactive ketones (excluding diaryl/α,β-unsaturated/α-hetero) is 1. The maximum Gasteiger partial charge on any atom is 0.272 e. The fraction of sp³-hybridized carbons (Fsp3) is 0.357. The van der Waals surface area contributed by atoms with Crippen LogP contribution >= 0.6 is 0 Å². The van der Waals surface area contributed by atoms with Crippen LogP contribution < -0.4 is 10.6 Å². The van der Waals surface area contributed by atoms with E-state index in [1.807, 2.05) is 12.1 Å². The number of anilines is 2. The van der Waals surface area contributed by atoms with Crippen LogP contribution in [0.25, 0.3) is 0 Å². The first-order valence-corrected chi connectivity index (χ1v) is 12.1. The Morgan fingerprint density at radius 3 is 2.49 bits per heavy atom. The minimum absolute atomic E-state index is 0.0103. The number of amides is 1. The number of alkyl halides is 2. The summed E-state index contributed by atoms with van der Waals surface area (Å²) in [5.41, 5.74) is 1.77. The zero-order chi connectivity index (χ0) is 26.6. The summed E-state index contributed by atoms with van der Waals surface area (Å²) in [5, 5.41) is 5.97. The zero-order valence-electron chi connectivity index (χ0n) is 21.1. The molecule has 3 aromatic rings. The van der Waals surface area contributed by atoms with Gasteiger partial charge in [0.25, 0.3) is 5.92 Å². The van der Waals surface area contributed by atoms with E-state index in [1.54, 1.807) is 44.2 Å². The van der Waals surface area contributed by atoms with Crippen molar-refractivity contribution in [2.24, 2.45) is 5.41 Å². The summed E-state index contributed by atoms with van der Waals surface area (Å²) in [7, 11) is 0. The van der Waals surface area contributed by atoms with E-state index in [0.717, 1.165) is 12.5 Å². The molecule has 1 amide bonds. The van der Waals surface area contributed by atoms with Gasteiger partial charge in [-0.25, -0.2) is 18.7 Å². The van der Waals surface area contributed by atoms with Crippen molar-refractivity contribution in [3.63, 3.8) is 0 Å². The van der Waals surface area contributed by atoms with Gasteiger partial charge in [-0.05, 0) is 44.0 Å². The molecule has 0 unspecified atom stereocenters. The van der Waals surface area contributed by atoms with E-state index in [0.29, 0.717) is 41.5 Å². The van der Waals surface area contributed by atoms with Gasteiger partial charge in [-0.3, -0.25) is 9.59 Å². The summed E-state index contributed by atoms with van der Waals surface area (Å²) < 4.78 is 33.3. The third-order valence-electron chi connectivity index (χ3n) is 6.57. The average Bonchev–Trinajstić information content (AvgIpc) is 3.32. The molecule has 1 aliphatic heterocycles. The number of ether oxygens (including phenoxy) is 1. The molecule has 2 N–H and O–H groups in total. The first kappa shape index (κ1) is 26.3. The van der Waals surface area contributed by atoms with Gasteiger partial charge in [0.05, 0.1) is 23.3 Å². The highest BCUT2D eigenvalue weighted by Gasteiger charge is 2.44. The Morgan fingerprint density at radius 2 is 1.84 bits per heavy atom. The van der Waals surface area contributed by atoms with Gasteiger partial charge in [0.2, 0.25) is 5.91 Å². The summed E-state index contributed by atoms with van der Waals surface area (Å²) in [6.45, 7) is 5.20. The number of hydrogen-bond acceptors (Lipinski definition) is 6. The van der Waals surface area contributed by atoms with Crippen LogP contribution in [0.2, 0.25) is 0 Å². The fourth-order valence-corrected chi connectivity index (χ4v) is 4.47. The molecule has 2 aromatic carbocycles. The van der Waals surface area contributed by atoms with Crippen molar-refractivity contribution in [3.05, 3.63) is 82.9 Å². The Morgan fingerprint density at radius 1 is 1.11 bits per heavy atom. The standard InChI is InChI=1S/C28H30F2N4O3/c1-18-22(16-31-19(2)33-18)25(35)14-28(12-13-37-17-28)26(36)32-15-20-8-10-21(11-9-20)34-24-7-5-4-6-23(24)27(3,29)30/h4-11,16,34H,12-15,17H2,1-3H3,(H,32,36)/t28-/m0/s1. The highest BCUT2D eigenvalue weighted by Crippen LogP contribution is 2.35. The number of nitrogens with zero attached hydrogens (tertiary/aromatic N) is 2. The zero-order valence-corrected chi connectivity index (χ0v) is 21.1. The maximum absolute atomic E-state index is 13.9. The molecule has 194 valence electrons. The molecule has 2 heterocycles. The van der Waals surface area contributed by atoms with Crippen molar-refractivity contribution >= 4 is 23.1 Å². The minimum Gasteiger partial charge on any atom is -0.380 e. The molecule has 9 heteroatoms. The number of aryl methyl sites for hydroxylation is 2. The smallest absolute Gasteiger partial charge is 0.272 e. The first-order chi connectivity index (χ1) is 17.6. The van der Waals surface area contributed by atoms with Gasteiger partial charge in [0, 0.05) is 49.6 Å². The topological polar surface area (TPSA) is 93.2 Å². The third kappa shape index (κ3) is 6.17. The van der Waals surface area contributed by atoms with Crippen molar-refractivity contribution in [2.75, 3.05) is 18.5 Å². The number of para-hydroxylation sites is 1. The Balaban J connectivity index is 1.40. The Labute approximate surface area is 214 Å². The van der Waals surface area contributed by atoms with Crippen LogP contribution in [0.15, 0.2) is 54.7 Å². The van der Waals surface area contributed by atoms with Gasteiger partial charge in [-0.2, -0.15) is 0 Å². The number of carbonyl (C=O) groups is 2. The Kier molecular flexibility index (Phi) is 7.63. The molecular weight excluding hydrogens is 478 g/mol. The Hall–Kier alpha value is -3.72. The van der Waals surface area contributed by atoms with E-state index >= 15 is 0 Å². The molecule has 1 aliphatic rings. The summed E-state index contributed by atoms with van der Waals surface area (Å²) in [6, 6.07) is 13.4. The van der Waals surface area contributed by atoms with E-state index in [4.69, 9.17) is 4.74 Å². The van der Waals surface area contributed by atoms with Gasteiger partial charge in [0.1, 0.15) is 5.82 Å². The molecule has 0 bridgehead atoms. The van der Waals surface area contributed by atoms with E-state index in [2.05, 4.69) is 20.6 Å². The van der Waals surface area contributed by atoms with E-state index in [-0.39, 0.29) is 36.8 Å². The summed E-state index contributed by atoms with van der Waals surface area (Å²) in [6.07, 6.45) is 1.97. The van der Waals surface area contributed by atoms with Crippen LogP contribution in [0, 0.1) is 19.3 Å².